The molecule has 0 radical (unpaired) electrons. The first-order chi connectivity index (χ1) is 18.1. The van der Waals surface area contributed by atoms with Gasteiger partial charge in [0.15, 0.2) is 0 Å². The molecule has 2 aromatic rings. The number of aryl methyl sites for hydroxylation is 2. The van der Waals surface area contributed by atoms with Crippen molar-refractivity contribution in [2.24, 2.45) is 17.3 Å². The van der Waals surface area contributed by atoms with Crippen LogP contribution in [-0.4, -0.2) is 35.8 Å². The zero-order valence-corrected chi connectivity index (χ0v) is 25.3. The summed E-state index contributed by atoms with van der Waals surface area (Å²) in [6, 6.07) is 12.8. The molecule has 3 aliphatic carbocycles. The third-order valence-corrected chi connectivity index (χ3v) is 13.1. The van der Waals surface area contributed by atoms with Crippen molar-refractivity contribution < 1.29 is 22.4 Å². The molecular weight excluding hydrogens is 611 g/mol. The number of halogens is 1. The second-order valence-electron chi connectivity index (χ2n) is 12.4. The minimum Gasteiger partial charge on any atom is -0.508 e. The summed E-state index contributed by atoms with van der Waals surface area (Å²) in [7, 11) is -3.73. The molecule has 1 N–H and O–H groups in total. The number of ether oxygens (including phenoxy) is 1. The van der Waals surface area contributed by atoms with E-state index in [1.165, 1.54) is 36.8 Å². The van der Waals surface area contributed by atoms with E-state index < -0.39 is 10.1 Å². The van der Waals surface area contributed by atoms with Crippen molar-refractivity contribution in [1.29, 1.82) is 0 Å². The van der Waals surface area contributed by atoms with Crippen LogP contribution >= 0.6 is 22.6 Å². The van der Waals surface area contributed by atoms with Crippen LogP contribution in [0.25, 0.3) is 0 Å². The smallest absolute Gasteiger partial charge is 0.296 e. The Bertz CT molecular complexity index is 1290. The molecule has 0 aromatic heterocycles. The maximum absolute atomic E-state index is 12.5. The second kappa shape index (κ2) is 10.0. The van der Waals surface area contributed by atoms with Crippen molar-refractivity contribution in [2.45, 2.75) is 98.1 Å². The highest BCUT2D eigenvalue weighted by atomic mass is 127. The molecule has 206 valence electrons. The molecule has 1 saturated heterocycles. The second-order valence-corrected chi connectivity index (χ2v) is 15.6. The highest BCUT2D eigenvalue weighted by Crippen LogP contribution is 2.68. The lowest BCUT2D eigenvalue weighted by atomic mass is 9.53. The molecule has 2 aromatic carbocycles. The van der Waals surface area contributed by atoms with Crippen molar-refractivity contribution in [1.82, 2.24) is 0 Å². The van der Waals surface area contributed by atoms with Gasteiger partial charge in [0.1, 0.15) is 5.75 Å². The molecule has 1 aliphatic heterocycles. The standard InChI is InChI=1S/C31H39IO5S/c1-20-5-9-23(10-6-20)38(34,35)36-17-3-4-29-28(32)19-31(37-29)16-14-27-26-11-7-21-18-22(33)8-12-24(21)25(26)13-15-30(27,31)2/h5-6,8-10,12,18,25-29,33H,3-4,7,11,13-17,19H2,1-2H3/t25-,26-,27+,28-,29-,30+,31-/m1/s1. The Morgan fingerprint density at radius 1 is 1.11 bits per heavy atom. The number of hydrogen-bond donors (Lipinski definition) is 1. The molecule has 7 atom stereocenters. The number of rotatable bonds is 6. The Hall–Kier alpha value is -1.16. The van der Waals surface area contributed by atoms with Gasteiger partial charge in [-0.05, 0) is 123 Å². The maximum Gasteiger partial charge on any atom is 0.296 e. The van der Waals surface area contributed by atoms with Crippen LogP contribution in [0.3, 0.4) is 0 Å². The molecular formula is C31H39IO5S. The number of hydrogen-bond acceptors (Lipinski definition) is 5. The van der Waals surface area contributed by atoms with E-state index in [1.807, 2.05) is 19.1 Å². The normalized spacial score (nSPS) is 36.1. The van der Waals surface area contributed by atoms with Crippen LogP contribution in [0.15, 0.2) is 47.4 Å². The van der Waals surface area contributed by atoms with Crippen LogP contribution in [0.1, 0.15) is 80.9 Å². The van der Waals surface area contributed by atoms with Gasteiger partial charge in [0.2, 0.25) is 0 Å². The van der Waals surface area contributed by atoms with Crippen molar-refractivity contribution in [3.63, 3.8) is 0 Å². The Morgan fingerprint density at radius 3 is 2.68 bits per heavy atom. The summed E-state index contributed by atoms with van der Waals surface area (Å²) < 4.78 is 37.9. The molecule has 0 bridgehead atoms. The van der Waals surface area contributed by atoms with Crippen LogP contribution in [0.5, 0.6) is 5.75 Å². The van der Waals surface area contributed by atoms with E-state index in [-0.39, 0.29) is 28.6 Å². The summed E-state index contributed by atoms with van der Waals surface area (Å²) in [6.07, 6.45) is 9.75. The monoisotopic (exact) mass is 650 g/mol. The van der Waals surface area contributed by atoms with E-state index in [0.717, 1.165) is 31.2 Å². The number of aromatic hydroxyl groups is 1. The van der Waals surface area contributed by atoms with Crippen LogP contribution in [0, 0.1) is 24.2 Å². The van der Waals surface area contributed by atoms with E-state index in [0.29, 0.717) is 33.8 Å². The Morgan fingerprint density at radius 2 is 1.89 bits per heavy atom. The molecule has 0 amide bonds. The SMILES string of the molecule is Cc1ccc(S(=O)(=O)OCCC[C@H]2O[C@]3(CC[C@H]4[C@@H]5CCc6cc(O)ccc6[C@H]5CC[C@@]43C)C[C@H]2I)cc1. The van der Waals surface area contributed by atoms with Gasteiger partial charge in [-0.3, -0.25) is 4.18 Å². The summed E-state index contributed by atoms with van der Waals surface area (Å²) >= 11 is 2.58. The average molecular weight is 651 g/mol. The maximum atomic E-state index is 12.5. The zero-order valence-electron chi connectivity index (χ0n) is 22.4. The lowest BCUT2D eigenvalue weighted by molar-refractivity contribution is -0.137. The molecule has 38 heavy (non-hydrogen) atoms. The molecule has 0 unspecified atom stereocenters. The van der Waals surface area contributed by atoms with Crippen LogP contribution < -0.4 is 0 Å². The number of benzene rings is 2. The predicted octanol–water partition coefficient (Wildman–Crippen LogP) is 7.07. The number of phenolic OH excluding ortho intramolecular Hbond substituents is 1. The number of alkyl halides is 1. The lowest BCUT2D eigenvalue weighted by Gasteiger charge is -2.53. The van der Waals surface area contributed by atoms with Crippen LogP contribution in [0.2, 0.25) is 0 Å². The first kappa shape index (κ1) is 27.0. The lowest BCUT2D eigenvalue weighted by Crippen LogP contribution is -2.50. The van der Waals surface area contributed by atoms with Gasteiger partial charge in [-0.2, -0.15) is 8.42 Å². The molecule has 2 saturated carbocycles. The van der Waals surface area contributed by atoms with Crippen molar-refractivity contribution in [3.05, 3.63) is 59.2 Å². The van der Waals surface area contributed by atoms with E-state index in [9.17, 15) is 13.5 Å². The zero-order chi connectivity index (χ0) is 26.7. The third kappa shape index (κ3) is 4.53. The first-order valence-electron chi connectivity index (χ1n) is 14.2. The molecule has 5 nitrogen and oxygen atoms in total. The molecule has 1 spiro atoms. The Balaban J connectivity index is 1.09. The fraction of sp³-hybridized carbons (Fsp3) is 0.613. The van der Waals surface area contributed by atoms with E-state index in [1.54, 1.807) is 24.3 Å². The molecule has 7 heteroatoms. The van der Waals surface area contributed by atoms with E-state index in [4.69, 9.17) is 8.92 Å². The quantitative estimate of drug-likeness (QED) is 0.157. The van der Waals surface area contributed by atoms with E-state index >= 15 is 0 Å². The van der Waals surface area contributed by atoms with Crippen LogP contribution in [-0.2, 0) is 25.5 Å². The topological polar surface area (TPSA) is 72.8 Å². The van der Waals surface area contributed by atoms with Gasteiger partial charge in [-0.15, -0.1) is 0 Å². The van der Waals surface area contributed by atoms with Gasteiger partial charge >= 0.3 is 0 Å². The largest absolute Gasteiger partial charge is 0.508 e. The predicted molar refractivity (Wildman–Crippen MR) is 156 cm³/mol. The summed E-state index contributed by atoms with van der Waals surface area (Å²) in [5.41, 5.74) is 3.96. The van der Waals surface area contributed by atoms with Gasteiger partial charge in [0.05, 0.1) is 23.2 Å². The molecule has 6 rings (SSSR count). The minimum atomic E-state index is -3.73. The van der Waals surface area contributed by atoms with Crippen molar-refractivity contribution >= 4 is 32.7 Å². The van der Waals surface area contributed by atoms with Crippen molar-refractivity contribution in [2.75, 3.05) is 6.61 Å². The highest BCUT2D eigenvalue weighted by molar-refractivity contribution is 14.1. The average Bonchev–Trinajstić information content (AvgIpc) is 3.37. The summed E-state index contributed by atoms with van der Waals surface area (Å²) in [4.78, 5) is 0.216. The van der Waals surface area contributed by atoms with Gasteiger partial charge in [-0.1, -0.05) is 53.3 Å². The Labute approximate surface area is 241 Å². The van der Waals surface area contributed by atoms with Crippen molar-refractivity contribution in [3.8, 4) is 5.75 Å². The number of fused-ring (bicyclic) bond motifs is 6. The van der Waals surface area contributed by atoms with E-state index in [2.05, 4.69) is 35.6 Å². The summed E-state index contributed by atoms with van der Waals surface area (Å²) in [6.45, 7) is 4.63. The third-order valence-electron chi connectivity index (χ3n) is 10.5. The minimum absolute atomic E-state index is 0.0662. The summed E-state index contributed by atoms with van der Waals surface area (Å²) in [5, 5.41) is 9.99. The number of phenols is 1. The first-order valence-corrected chi connectivity index (χ1v) is 16.9. The fourth-order valence-corrected chi connectivity index (χ4v) is 10.7. The Kier molecular flexibility index (Phi) is 7.14. The molecule has 4 aliphatic rings. The van der Waals surface area contributed by atoms with Gasteiger partial charge in [0, 0.05) is 3.92 Å². The summed E-state index contributed by atoms with van der Waals surface area (Å²) in [5.74, 6) is 2.36. The molecule has 1 heterocycles. The van der Waals surface area contributed by atoms with Crippen LogP contribution in [0.4, 0.5) is 0 Å². The highest BCUT2D eigenvalue weighted by Gasteiger charge is 2.65. The van der Waals surface area contributed by atoms with Gasteiger partial charge in [0.25, 0.3) is 10.1 Å². The van der Waals surface area contributed by atoms with Gasteiger partial charge < -0.3 is 9.84 Å². The molecule has 3 fully saturated rings. The van der Waals surface area contributed by atoms with Gasteiger partial charge in [-0.25, -0.2) is 0 Å². The fourth-order valence-electron chi connectivity index (χ4n) is 8.51.